The highest BCUT2D eigenvalue weighted by atomic mass is 33.1. The van der Waals surface area contributed by atoms with Crippen molar-refractivity contribution in [3.05, 3.63) is 0 Å². The molecule has 0 aliphatic carbocycles. The third kappa shape index (κ3) is 8.16. The number of quaternary nitrogens is 1. The number of nitrogens with zero attached hydrogens (tertiary/aromatic N) is 1. The average molecular weight is 222 g/mol. The Hall–Kier alpha value is -0.180. The van der Waals surface area contributed by atoms with Crippen LogP contribution in [-0.4, -0.2) is 52.1 Å². The summed E-state index contributed by atoms with van der Waals surface area (Å²) >= 11 is 0. The average Bonchev–Trinajstić information content (AvgIpc) is 1.82. The zero-order valence-electron chi connectivity index (χ0n) is 8.28. The Labute approximate surface area is 84.4 Å². The van der Waals surface area contributed by atoms with Crippen LogP contribution >= 0.6 is 10.8 Å². The van der Waals surface area contributed by atoms with Crippen LogP contribution in [0.3, 0.4) is 0 Å². The van der Waals surface area contributed by atoms with E-state index >= 15 is 0 Å². The van der Waals surface area contributed by atoms with Crippen LogP contribution in [0.2, 0.25) is 0 Å². The molecule has 0 N–H and O–H groups in total. The molecule has 0 unspecified atom stereocenters. The first kappa shape index (κ1) is 12.8. The van der Waals surface area contributed by atoms with Crippen molar-refractivity contribution in [2.24, 2.45) is 0 Å². The van der Waals surface area contributed by atoms with E-state index in [-0.39, 0.29) is 0 Å². The van der Waals surface area contributed by atoms with Crippen LogP contribution in [0.5, 0.6) is 0 Å². The van der Waals surface area contributed by atoms with Gasteiger partial charge in [-0.25, -0.2) is 8.42 Å². The normalized spacial score (nSPS) is 12.5. The van der Waals surface area contributed by atoms with E-state index in [9.17, 15) is 8.42 Å². The van der Waals surface area contributed by atoms with Crippen molar-refractivity contribution < 1.29 is 12.9 Å². The summed E-state index contributed by atoms with van der Waals surface area (Å²) in [5, 5.41) is 0. The number of hydrogen-bond acceptors (Lipinski definition) is 3. The summed E-state index contributed by atoms with van der Waals surface area (Å²) in [6.07, 6.45) is 6.40. The topological polar surface area (TPSA) is 34.1 Å². The van der Waals surface area contributed by atoms with E-state index in [1.54, 1.807) is 0 Å². The highest BCUT2D eigenvalue weighted by molar-refractivity contribution is 8.71. The van der Waals surface area contributed by atoms with Gasteiger partial charge in [0.1, 0.15) is 6.54 Å². The zero-order valence-corrected chi connectivity index (χ0v) is 9.91. The minimum atomic E-state index is -2.91. The monoisotopic (exact) mass is 222 g/mol. The number of rotatable bonds is 5. The maximum Gasteiger partial charge on any atom is 0.198 e. The lowest BCUT2D eigenvalue weighted by Gasteiger charge is -2.26. The van der Waals surface area contributed by atoms with Gasteiger partial charge < -0.3 is 4.48 Å². The molecule has 0 atom stereocenters. The summed E-state index contributed by atoms with van der Waals surface area (Å²) < 4.78 is 22.2. The third-order valence-electron chi connectivity index (χ3n) is 1.51. The third-order valence-corrected chi connectivity index (χ3v) is 4.08. The van der Waals surface area contributed by atoms with E-state index in [1.165, 1.54) is 6.26 Å². The van der Waals surface area contributed by atoms with Crippen LogP contribution in [0.25, 0.3) is 0 Å². The summed E-state index contributed by atoms with van der Waals surface area (Å²) in [6, 6.07) is 0. The van der Waals surface area contributed by atoms with Crippen LogP contribution in [-0.2, 0) is 8.87 Å². The highest BCUT2D eigenvalue weighted by Gasteiger charge is 2.14. The molecular formula is C8H16NO2S2+. The van der Waals surface area contributed by atoms with Gasteiger partial charge in [-0.1, -0.05) is 0 Å². The molecule has 0 aromatic carbocycles. The van der Waals surface area contributed by atoms with Crippen molar-refractivity contribution in [1.29, 1.82) is 0 Å². The summed E-state index contributed by atoms with van der Waals surface area (Å²) in [6.45, 7) is 1.40. The Morgan fingerprint density at radius 3 is 2.38 bits per heavy atom. The molecule has 13 heavy (non-hydrogen) atoms. The van der Waals surface area contributed by atoms with E-state index in [1.807, 2.05) is 14.1 Å². The van der Waals surface area contributed by atoms with Gasteiger partial charge in [0.15, 0.2) is 8.87 Å². The molecule has 0 rings (SSSR count). The van der Waals surface area contributed by atoms with Crippen molar-refractivity contribution >= 4 is 19.7 Å². The first-order valence-corrected chi connectivity index (χ1v) is 7.26. The van der Waals surface area contributed by atoms with Gasteiger partial charge in [0.05, 0.1) is 26.4 Å². The fourth-order valence-corrected chi connectivity index (χ4v) is 2.77. The number of terminal acetylenes is 1. The highest BCUT2D eigenvalue weighted by Crippen LogP contribution is 2.10. The molecule has 0 radical (unpaired) electrons. The Morgan fingerprint density at radius 2 is 2.00 bits per heavy atom. The van der Waals surface area contributed by atoms with Crippen molar-refractivity contribution in [1.82, 2.24) is 0 Å². The van der Waals surface area contributed by atoms with E-state index in [0.717, 1.165) is 17.3 Å². The lowest BCUT2D eigenvalue weighted by Crippen LogP contribution is -2.41. The minimum absolute atomic E-state index is 0.591. The molecule has 0 fully saturated rings. The maximum absolute atomic E-state index is 10.8. The Kier molecular flexibility index (Phi) is 4.82. The standard InChI is InChI=1S/C8H16NO2S2/c1-5-6-9(2,3)7-8-12-13(4,10)11/h1H,6-8H2,2-4H3/q+1. The Bertz CT molecular complexity index is 288. The van der Waals surface area contributed by atoms with E-state index in [2.05, 4.69) is 5.92 Å². The molecule has 0 heterocycles. The van der Waals surface area contributed by atoms with Crippen LogP contribution in [0.15, 0.2) is 0 Å². The smallest absolute Gasteiger partial charge is 0.198 e. The van der Waals surface area contributed by atoms with Gasteiger partial charge in [-0.15, -0.1) is 6.42 Å². The molecule has 5 heteroatoms. The molecule has 0 aromatic rings. The van der Waals surface area contributed by atoms with Crippen molar-refractivity contribution in [2.75, 3.05) is 39.2 Å². The first-order chi connectivity index (χ1) is 5.77. The van der Waals surface area contributed by atoms with Crippen LogP contribution in [0.1, 0.15) is 0 Å². The zero-order chi connectivity index (χ0) is 10.5. The molecule has 0 bridgehead atoms. The summed E-state index contributed by atoms with van der Waals surface area (Å²) in [7, 11) is 2.05. The quantitative estimate of drug-likeness (QED) is 0.383. The van der Waals surface area contributed by atoms with Crippen LogP contribution in [0.4, 0.5) is 0 Å². The van der Waals surface area contributed by atoms with Crippen LogP contribution < -0.4 is 0 Å². The fraction of sp³-hybridized carbons (Fsp3) is 0.750. The molecular weight excluding hydrogens is 206 g/mol. The fourth-order valence-electron chi connectivity index (χ4n) is 0.762. The predicted octanol–water partition coefficient (Wildman–Crippen LogP) is 0.389. The van der Waals surface area contributed by atoms with Gasteiger partial charge >= 0.3 is 0 Å². The second kappa shape index (κ2) is 4.89. The second-order valence-corrected chi connectivity index (χ2v) is 8.12. The summed E-state index contributed by atoms with van der Waals surface area (Å²) in [5.74, 6) is 3.16. The van der Waals surface area contributed by atoms with Gasteiger partial charge in [0.25, 0.3) is 0 Å². The predicted molar refractivity (Wildman–Crippen MR) is 58.0 cm³/mol. The largest absolute Gasteiger partial charge is 0.318 e. The molecule has 0 saturated heterocycles. The molecule has 3 nitrogen and oxygen atoms in total. The molecule has 0 aliphatic rings. The minimum Gasteiger partial charge on any atom is -0.318 e. The van der Waals surface area contributed by atoms with Gasteiger partial charge in [-0.3, -0.25) is 0 Å². The molecule has 76 valence electrons. The molecule has 0 spiro atoms. The maximum atomic E-state index is 10.8. The lowest BCUT2D eigenvalue weighted by atomic mass is 10.4. The molecule has 0 saturated carbocycles. The Morgan fingerprint density at radius 1 is 1.46 bits per heavy atom. The van der Waals surface area contributed by atoms with Gasteiger partial charge in [-0.2, -0.15) is 0 Å². The van der Waals surface area contributed by atoms with Gasteiger partial charge in [0, 0.05) is 6.26 Å². The SMILES string of the molecule is C#CC[N+](C)(C)CCSS(C)(=O)=O. The lowest BCUT2D eigenvalue weighted by molar-refractivity contribution is -0.880. The van der Waals surface area contributed by atoms with Gasteiger partial charge in [-0.05, 0) is 16.7 Å². The second-order valence-electron chi connectivity index (χ2n) is 3.55. The Balaban J connectivity index is 3.84. The van der Waals surface area contributed by atoms with Gasteiger partial charge in [0.2, 0.25) is 0 Å². The molecule has 0 aromatic heterocycles. The first-order valence-electron chi connectivity index (χ1n) is 3.87. The van der Waals surface area contributed by atoms with E-state index in [4.69, 9.17) is 6.42 Å². The van der Waals surface area contributed by atoms with Crippen molar-refractivity contribution in [2.45, 2.75) is 0 Å². The number of hydrogen-bond donors (Lipinski definition) is 0. The summed E-state index contributed by atoms with van der Waals surface area (Å²) in [5.41, 5.74) is 0. The van der Waals surface area contributed by atoms with Crippen molar-refractivity contribution in [3.8, 4) is 12.3 Å². The molecule has 0 aliphatic heterocycles. The van der Waals surface area contributed by atoms with E-state index < -0.39 is 8.87 Å². The molecule has 0 amide bonds. The summed E-state index contributed by atoms with van der Waals surface area (Å²) in [4.78, 5) is 0. The van der Waals surface area contributed by atoms with Crippen molar-refractivity contribution in [3.63, 3.8) is 0 Å². The van der Waals surface area contributed by atoms with Crippen LogP contribution in [0, 0.1) is 12.3 Å². The van der Waals surface area contributed by atoms with E-state index in [0.29, 0.717) is 16.8 Å².